The van der Waals surface area contributed by atoms with Crippen molar-refractivity contribution in [3.63, 3.8) is 0 Å². The molecule has 8 heteroatoms. The zero-order chi connectivity index (χ0) is 22.0. The predicted octanol–water partition coefficient (Wildman–Crippen LogP) is 5.68. The standard InChI is InChI=1S/C23H28N4O3S/c1-4-27(5-2)22(29)30-18-10-9-17(31-18)16-14-25-21-19(26-16)15(13-24-21)20(28)23(3)11-7-6-8-12-23/h9-10,13-14H,4-8,11-12H2,1-3H3,(H,24,25). The number of aromatic nitrogens is 3. The molecule has 1 saturated carbocycles. The number of ether oxygens (including phenoxy) is 1. The quantitative estimate of drug-likeness (QED) is 0.498. The lowest BCUT2D eigenvalue weighted by molar-refractivity contribution is 0.0751. The molecule has 164 valence electrons. The molecule has 0 bridgehead atoms. The van der Waals surface area contributed by atoms with Crippen LogP contribution in [0.4, 0.5) is 4.79 Å². The summed E-state index contributed by atoms with van der Waals surface area (Å²) in [6.45, 7) is 7.09. The maximum atomic E-state index is 13.3. The Balaban J connectivity index is 1.60. The first-order chi connectivity index (χ1) is 14.9. The third-order valence-corrected chi connectivity index (χ3v) is 7.16. The first kappa shape index (κ1) is 21.5. The summed E-state index contributed by atoms with van der Waals surface area (Å²) in [5.41, 5.74) is 2.14. The zero-order valence-electron chi connectivity index (χ0n) is 18.2. The third-order valence-electron chi connectivity index (χ3n) is 6.17. The number of nitrogens with one attached hydrogen (secondary N) is 1. The summed E-state index contributed by atoms with van der Waals surface area (Å²) < 4.78 is 5.48. The first-order valence-corrected chi connectivity index (χ1v) is 11.7. The number of fused-ring (bicyclic) bond motifs is 1. The lowest BCUT2D eigenvalue weighted by atomic mass is 9.71. The van der Waals surface area contributed by atoms with Gasteiger partial charge >= 0.3 is 6.09 Å². The van der Waals surface area contributed by atoms with E-state index in [2.05, 4.69) is 16.9 Å². The topological polar surface area (TPSA) is 88.2 Å². The van der Waals surface area contributed by atoms with Crippen molar-refractivity contribution in [2.75, 3.05) is 13.1 Å². The van der Waals surface area contributed by atoms with E-state index >= 15 is 0 Å². The normalized spacial score (nSPS) is 15.7. The molecule has 7 nitrogen and oxygen atoms in total. The van der Waals surface area contributed by atoms with E-state index in [1.807, 2.05) is 19.9 Å². The van der Waals surface area contributed by atoms with Gasteiger partial charge in [0.25, 0.3) is 0 Å². The van der Waals surface area contributed by atoms with Gasteiger partial charge in [-0.2, -0.15) is 0 Å². The molecule has 0 saturated heterocycles. The molecule has 3 heterocycles. The predicted molar refractivity (Wildman–Crippen MR) is 122 cm³/mol. The van der Waals surface area contributed by atoms with Crippen molar-refractivity contribution in [2.24, 2.45) is 5.41 Å². The van der Waals surface area contributed by atoms with Gasteiger partial charge in [0.2, 0.25) is 0 Å². The van der Waals surface area contributed by atoms with Crippen LogP contribution in [0.5, 0.6) is 5.06 Å². The lowest BCUT2D eigenvalue weighted by Gasteiger charge is -2.31. The van der Waals surface area contributed by atoms with E-state index < -0.39 is 0 Å². The minimum absolute atomic E-state index is 0.143. The van der Waals surface area contributed by atoms with Gasteiger partial charge < -0.3 is 14.6 Å². The highest BCUT2D eigenvalue weighted by molar-refractivity contribution is 7.17. The fraction of sp³-hybridized carbons (Fsp3) is 0.478. The van der Waals surface area contributed by atoms with Crippen LogP contribution in [-0.2, 0) is 0 Å². The number of thiophene rings is 1. The van der Waals surface area contributed by atoms with Crippen LogP contribution in [0.15, 0.2) is 24.5 Å². The van der Waals surface area contributed by atoms with Gasteiger partial charge in [-0.25, -0.2) is 14.8 Å². The summed E-state index contributed by atoms with van der Waals surface area (Å²) in [6.07, 6.45) is 8.26. The molecule has 4 rings (SSSR count). The minimum Gasteiger partial charge on any atom is -0.399 e. The van der Waals surface area contributed by atoms with E-state index in [0.29, 0.717) is 40.6 Å². The Kier molecular flexibility index (Phi) is 6.09. The molecule has 31 heavy (non-hydrogen) atoms. The molecular formula is C23H28N4O3S. The molecule has 0 atom stereocenters. The number of amides is 1. The van der Waals surface area contributed by atoms with Crippen LogP contribution in [-0.4, -0.2) is 44.8 Å². The molecule has 0 unspecified atom stereocenters. The highest BCUT2D eigenvalue weighted by Gasteiger charge is 2.36. The Bertz CT molecular complexity index is 1090. The molecule has 1 aliphatic carbocycles. The Morgan fingerprint density at radius 3 is 2.65 bits per heavy atom. The van der Waals surface area contributed by atoms with Crippen LogP contribution in [0.2, 0.25) is 0 Å². The van der Waals surface area contributed by atoms with E-state index in [1.54, 1.807) is 23.4 Å². The van der Waals surface area contributed by atoms with Crippen molar-refractivity contribution >= 4 is 34.4 Å². The Hall–Kier alpha value is -2.74. The van der Waals surface area contributed by atoms with Gasteiger partial charge in [-0.05, 0) is 38.8 Å². The summed E-state index contributed by atoms with van der Waals surface area (Å²) in [5, 5.41) is 0.508. The molecule has 0 aliphatic heterocycles. The summed E-state index contributed by atoms with van der Waals surface area (Å²) in [7, 11) is 0. The minimum atomic E-state index is -0.362. The van der Waals surface area contributed by atoms with Crippen molar-refractivity contribution in [3.05, 3.63) is 30.1 Å². The molecule has 1 fully saturated rings. The maximum Gasteiger partial charge on any atom is 0.416 e. The van der Waals surface area contributed by atoms with Gasteiger partial charge in [0.05, 0.1) is 22.3 Å². The molecule has 0 radical (unpaired) electrons. The average Bonchev–Trinajstić information content (AvgIpc) is 3.41. The van der Waals surface area contributed by atoms with Gasteiger partial charge in [-0.1, -0.05) is 37.5 Å². The van der Waals surface area contributed by atoms with Crippen LogP contribution in [0, 0.1) is 5.41 Å². The average molecular weight is 441 g/mol. The van der Waals surface area contributed by atoms with Gasteiger partial charge in [-0.15, -0.1) is 0 Å². The van der Waals surface area contributed by atoms with Gasteiger partial charge in [0, 0.05) is 24.7 Å². The zero-order valence-corrected chi connectivity index (χ0v) is 19.1. The van der Waals surface area contributed by atoms with Crippen LogP contribution in [0.1, 0.15) is 63.2 Å². The van der Waals surface area contributed by atoms with E-state index in [0.717, 1.165) is 30.6 Å². The summed E-state index contributed by atoms with van der Waals surface area (Å²) in [6, 6.07) is 3.63. The number of carbonyl (C=O) groups excluding carboxylic acids is 2. The SMILES string of the molecule is CCN(CC)C(=O)Oc1ccc(-c2cnc3[nH]cc(C(=O)C4(C)CCCCC4)c3n2)s1. The molecule has 1 amide bonds. The number of ketones is 1. The van der Waals surface area contributed by atoms with Crippen LogP contribution < -0.4 is 4.74 Å². The molecule has 0 aromatic carbocycles. The summed E-state index contributed by atoms with van der Waals surface area (Å²) in [5.74, 6) is 0.143. The number of nitrogens with zero attached hydrogens (tertiary/aromatic N) is 3. The fourth-order valence-corrected chi connectivity index (χ4v) is 5.02. The molecule has 1 aliphatic rings. The second-order valence-electron chi connectivity index (χ2n) is 8.26. The van der Waals surface area contributed by atoms with Crippen molar-refractivity contribution in [2.45, 2.75) is 52.9 Å². The maximum absolute atomic E-state index is 13.3. The second kappa shape index (κ2) is 8.78. The van der Waals surface area contributed by atoms with E-state index in [1.165, 1.54) is 17.8 Å². The summed E-state index contributed by atoms with van der Waals surface area (Å²) in [4.78, 5) is 40.3. The van der Waals surface area contributed by atoms with Gasteiger partial charge in [0.15, 0.2) is 16.5 Å². The number of hydrogen-bond donors (Lipinski definition) is 1. The van der Waals surface area contributed by atoms with Crippen molar-refractivity contribution < 1.29 is 14.3 Å². The van der Waals surface area contributed by atoms with Crippen LogP contribution in [0.25, 0.3) is 21.7 Å². The largest absolute Gasteiger partial charge is 0.416 e. The number of rotatable bonds is 6. The second-order valence-corrected chi connectivity index (χ2v) is 9.31. The number of carbonyl (C=O) groups is 2. The Labute approximate surface area is 185 Å². The molecular weight excluding hydrogens is 412 g/mol. The van der Waals surface area contributed by atoms with Crippen molar-refractivity contribution in [3.8, 4) is 15.6 Å². The number of hydrogen-bond acceptors (Lipinski definition) is 6. The highest BCUT2D eigenvalue weighted by Crippen LogP contribution is 2.40. The first-order valence-electron chi connectivity index (χ1n) is 10.9. The van der Waals surface area contributed by atoms with E-state index in [4.69, 9.17) is 9.72 Å². The lowest BCUT2D eigenvalue weighted by Crippen LogP contribution is -2.32. The van der Waals surface area contributed by atoms with Crippen LogP contribution >= 0.6 is 11.3 Å². The van der Waals surface area contributed by atoms with E-state index in [9.17, 15) is 9.59 Å². The van der Waals surface area contributed by atoms with Crippen molar-refractivity contribution in [1.29, 1.82) is 0 Å². The van der Waals surface area contributed by atoms with E-state index in [-0.39, 0.29) is 17.3 Å². The molecule has 3 aromatic rings. The fourth-order valence-electron chi connectivity index (χ4n) is 4.21. The van der Waals surface area contributed by atoms with Gasteiger partial charge in [0.1, 0.15) is 5.52 Å². The number of H-pyrrole nitrogens is 1. The van der Waals surface area contributed by atoms with Crippen LogP contribution in [0.3, 0.4) is 0 Å². The Morgan fingerprint density at radius 1 is 1.19 bits per heavy atom. The molecule has 3 aromatic heterocycles. The number of aromatic amines is 1. The Morgan fingerprint density at radius 2 is 1.94 bits per heavy atom. The molecule has 0 spiro atoms. The molecule has 1 N–H and O–H groups in total. The van der Waals surface area contributed by atoms with Gasteiger partial charge in [-0.3, -0.25) is 4.79 Å². The monoisotopic (exact) mass is 440 g/mol. The highest BCUT2D eigenvalue weighted by atomic mass is 32.1. The smallest absolute Gasteiger partial charge is 0.399 e. The summed E-state index contributed by atoms with van der Waals surface area (Å²) >= 11 is 1.34. The number of Topliss-reactive ketones (excluding diaryl/α,β-unsaturated/α-hetero) is 1. The third kappa shape index (κ3) is 4.21. The van der Waals surface area contributed by atoms with Crippen molar-refractivity contribution in [1.82, 2.24) is 19.9 Å².